The highest BCUT2D eigenvalue weighted by Crippen LogP contribution is 2.53. The summed E-state index contributed by atoms with van der Waals surface area (Å²) in [4.78, 5) is 0. The van der Waals surface area contributed by atoms with Gasteiger partial charge in [0.2, 0.25) is 0 Å². The summed E-state index contributed by atoms with van der Waals surface area (Å²) in [6.45, 7) is 11.2. The van der Waals surface area contributed by atoms with Gasteiger partial charge < -0.3 is 9.84 Å². The Bertz CT molecular complexity index is 684. The lowest BCUT2D eigenvalue weighted by Gasteiger charge is -2.36. The Kier molecular flexibility index (Phi) is 5.69. The zero-order chi connectivity index (χ0) is 18.9. The van der Waals surface area contributed by atoms with E-state index in [0.29, 0.717) is 11.7 Å². The summed E-state index contributed by atoms with van der Waals surface area (Å²) < 4.78 is 6.37. The predicted molar refractivity (Wildman–Crippen MR) is 110 cm³/mol. The molecule has 2 aliphatic rings. The zero-order valence-electron chi connectivity index (χ0n) is 17.3. The van der Waals surface area contributed by atoms with E-state index in [2.05, 4.69) is 40.7 Å². The average Bonchev–Trinajstić information content (AvgIpc) is 2.95. The van der Waals surface area contributed by atoms with Crippen LogP contribution in [-0.4, -0.2) is 10.7 Å². The molecule has 1 heterocycles. The molecule has 0 saturated heterocycles. The van der Waals surface area contributed by atoms with Crippen molar-refractivity contribution in [3.05, 3.63) is 28.8 Å². The van der Waals surface area contributed by atoms with Crippen LogP contribution in [-0.2, 0) is 6.42 Å². The normalized spacial score (nSPS) is 22.0. The van der Waals surface area contributed by atoms with E-state index in [-0.39, 0.29) is 5.60 Å². The monoisotopic (exact) mass is 356 g/mol. The van der Waals surface area contributed by atoms with Crippen molar-refractivity contribution in [2.24, 2.45) is 11.8 Å². The molecule has 2 nitrogen and oxygen atoms in total. The number of hydrogen-bond donors (Lipinski definition) is 1. The molecule has 1 aliphatic heterocycles. The number of phenolic OH excluding ortho intramolecular Hbond substituents is 1. The Morgan fingerprint density at radius 2 is 2.00 bits per heavy atom. The molecule has 2 unspecified atom stereocenters. The van der Waals surface area contributed by atoms with Crippen molar-refractivity contribution in [2.75, 3.05) is 0 Å². The quantitative estimate of drug-likeness (QED) is 0.539. The van der Waals surface area contributed by atoms with Crippen molar-refractivity contribution in [3.8, 4) is 11.5 Å². The van der Waals surface area contributed by atoms with Gasteiger partial charge in [-0.2, -0.15) is 0 Å². The zero-order valence-corrected chi connectivity index (χ0v) is 17.3. The van der Waals surface area contributed by atoms with Crippen LogP contribution in [0.2, 0.25) is 0 Å². The molecule has 1 N–H and O–H groups in total. The molecule has 3 rings (SSSR count). The van der Waals surface area contributed by atoms with E-state index in [0.717, 1.165) is 36.5 Å². The van der Waals surface area contributed by atoms with Gasteiger partial charge in [0.25, 0.3) is 0 Å². The maximum absolute atomic E-state index is 10.8. The number of allylic oxidation sites excluding steroid dienone is 1. The maximum Gasteiger partial charge on any atom is 0.132 e. The van der Waals surface area contributed by atoms with E-state index < -0.39 is 0 Å². The number of rotatable bonds is 7. The van der Waals surface area contributed by atoms with Crippen molar-refractivity contribution in [1.29, 1.82) is 0 Å². The Morgan fingerprint density at radius 1 is 1.23 bits per heavy atom. The van der Waals surface area contributed by atoms with Gasteiger partial charge in [-0.1, -0.05) is 46.5 Å². The van der Waals surface area contributed by atoms with Gasteiger partial charge in [0.1, 0.15) is 17.1 Å². The molecule has 2 heteroatoms. The first-order valence-corrected chi connectivity index (χ1v) is 10.6. The van der Waals surface area contributed by atoms with Crippen molar-refractivity contribution in [2.45, 2.75) is 91.6 Å². The fourth-order valence-corrected chi connectivity index (χ4v) is 4.75. The van der Waals surface area contributed by atoms with Gasteiger partial charge in [0.15, 0.2) is 0 Å². The minimum atomic E-state index is -0.258. The second kappa shape index (κ2) is 7.66. The second-order valence-corrected chi connectivity index (χ2v) is 9.07. The van der Waals surface area contributed by atoms with Crippen LogP contribution in [0.3, 0.4) is 0 Å². The minimum Gasteiger partial charge on any atom is -0.507 e. The smallest absolute Gasteiger partial charge is 0.132 e. The molecule has 0 bridgehead atoms. The van der Waals surface area contributed by atoms with Crippen molar-refractivity contribution in [1.82, 2.24) is 0 Å². The summed E-state index contributed by atoms with van der Waals surface area (Å²) in [6, 6.07) is 4.17. The first-order chi connectivity index (χ1) is 12.3. The molecule has 1 aromatic rings. The Balaban J connectivity index is 1.79. The molecular weight excluding hydrogens is 320 g/mol. The summed E-state index contributed by atoms with van der Waals surface area (Å²) >= 11 is 0. The standard InChI is InChI=1S/C24H36O2/c1-6-7-8-9-16(2)10-12-18-14-20(25)23-21(15-18)26-24(4,5)19-13-11-17(3)22(19)23/h14-17,25H,6-13H2,1-5H3. The van der Waals surface area contributed by atoms with Gasteiger partial charge in [-0.05, 0) is 80.2 Å². The molecule has 0 spiro atoms. The summed E-state index contributed by atoms with van der Waals surface area (Å²) in [5.74, 6) is 2.53. The van der Waals surface area contributed by atoms with Crippen molar-refractivity contribution in [3.63, 3.8) is 0 Å². The topological polar surface area (TPSA) is 29.5 Å². The van der Waals surface area contributed by atoms with Crippen LogP contribution < -0.4 is 4.74 Å². The number of aromatic hydroxyl groups is 1. The van der Waals surface area contributed by atoms with E-state index >= 15 is 0 Å². The Hall–Kier alpha value is -1.44. The number of unbranched alkanes of at least 4 members (excludes halogenated alkanes) is 2. The van der Waals surface area contributed by atoms with Gasteiger partial charge >= 0.3 is 0 Å². The van der Waals surface area contributed by atoms with Crippen molar-refractivity contribution >= 4 is 5.57 Å². The number of fused-ring (bicyclic) bond motifs is 2. The highest BCUT2D eigenvalue weighted by molar-refractivity contribution is 5.83. The number of ether oxygens (including phenoxy) is 1. The first kappa shape index (κ1) is 19.3. The van der Waals surface area contributed by atoms with E-state index in [9.17, 15) is 5.11 Å². The van der Waals surface area contributed by atoms with E-state index in [1.165, 1.54) is 48.8 Å². The molecule has 1 aliphatic carbocycles. The minimum absolute atomic E-state index is 0.258. The highest BCUT2D eigenvalue weighted by Gasteiger charge is 2.41. The Labute approximate surface area is 159 Å². The molecule has 2 atom stereocenters. The van der Waals surface area contributed by atoms with Gasteiger partial charge in [0, 0.05) is 0 Å². The average molecular weight is 357 g/mol. The summed E-state index contributed by atoms with van der Waals surface area (Å²) in [7, 11) is 0. The maximum atomic E-state index is 10.8. The molecule has 0 radical (unpaired) electrons. The SMILES string of the molecule is CCCCCC(C)CCc1cc(O)c2c(c1)OC(C)(C)C1=C2C(C)CC1. The summed E-state index contributed by atoms with van der Waals surface area (Å²) in [6.07, 6.45) is 9.69. The molecule has 144 valence electrons. The van der Waals surface area contributed by atoms with Crippen LogP contribution in [0.5, 0.6) is 11.5 Å². The summed E-state index contributed by atoms with van der Waals surface area (Å²) in [5.41, 5.74) is 4.63. The molecular formula is C24H36O2. The van der Waals surface area contributed by atoms with Crippen LogP contribution in [0.15, 0.2) is 17.7 Å². The third-order valence-corrected chi connectivity index (χ3v) is 6.37. The van der Waals surface area contributed by atoms with Crippen LogP contribution in [0.1, 0.15) is 90.7 Å². The molecule has 0 amide bonds. The van der Waals surface area contributed by atoms with Gasteiger partial charge in [0.05, 0.1) is 5.56 Å². The first-order valence-electron chi connectivity index (χ1n) is 10.6. The number of hydrogen-bond acceptors (Lipinski definition) is 2. The number of benzene rings is 1. The fraction of sp³-hybridized carbons (Fsp3) is 0.667. The van der Waals surface area contributed by atoms with Gasteiger partial charge in [-0.3, -0.25) is 0 Å². The van der Waals surface area contributed by atoms with Gasteiger partial charge in [-0.25, -0.2) is 0 Å². The van der Waals surface area contributed by atoms with E-state index in [1.54, 1.807) is 0 Å². The molecule has 0 saturated carbocycles. The number of phenols is 1. The van der Waals surface area contributed by atoms with E-state index in [4.69, 9.17) is 4.74 Å². The predicted octanol–water partition coefficient (Wildman–Crippen LogP) is 6.90. The van der Waals surface area contributed by atoms with E-state index in [1.807, 2.05) is 6.07 Å². The largest absolute Gasteiger partial charge is 0.507 e. The lowest BCUT2D eigenvalue weighted by atomic mass is 9.84. The lowest BCUT2D eigenvalue weighted by Crippen LogP contribution is -2.33. The van der Waals surface area contributed by atoms with Crippen molar-refractivity contribution < 1.29 is 9.84 Å². The third-order valence-electron chi connectivity index (χ3n) is 6.37. The molecule has 1 aromatic carbocycles. The fourth-order valence-electron chi connectivity index (χ4n) is 4.75. The second-order valence-electron chi connectivity index (χ2n) is 9.07. The molecule has 26 heavy (non-hydrogen) atoms. The molecule has 0 fully saturated rings. The van der Waals surface area contributed by atoms with Crippen LogP contribution in [0, 0.1) is 11.8 Å². The van der Waals surface area contributed by atoms with Crippen LogP contribution in [0.25, 0.3) is 5.57 Å². The molecule has 0 aromatic heterocycles. The van der Waals surface area contributed by atoms with Gasteiger partial charge in [-0.15, -0.1) is 0 Å². The van der Waals surface area contributed by atoms with Crippen LogP contribution in [0.4, 0.5) is 0 Å². The highest BCUT2D eigenvalue weighted by atomic mass is 16.5. The third kappa shape index (κ3) is 3.80. The summed E-state index contributed by atoms with van der Waals surface area (Å²) in [5, 5.41) is 10.8. The number of aryl methyl sites for hydroxylation is 1. The van der Waals surface area contributed by atoms with Crippen LogP contribution >= 0.6 is 0 Å². The lowest BCUT2D eigenvalue weighted by molar-refractivity contribution is 0.141. The Morgan fingerprint density at radius 3 is 2.73 bits per heavy atom.